The number of anilines is 2. The van der Waals surface area contributed by atoms with E-state index >= 15 is 0 Å². The van der Waals surface area contributed by atoms with Crippen LogP contribution in [0.1, 0.15) is 60.8 Å². The summed E-state index contributed by atoms with van der Waals surface area (Å²) in [5.74, 6) is -0.177. The molecule has 0 radical (unpaired) electrons. The molecule has 1 aliphatic heterocycles. The van der Waals surface area contributed by atoms with Gasteiger partial charge >= 0.3 is 0 Å². The molecule has 1 amide bonds. The number of nitrogens with zero attached hydrogens (tertiary/aromatic N) is 3. The number of nitrogens with one attached hydrogen (secondary N) is 2. The van der Waals surface area contributed by atoms with Crippen molar-refractivity contribution in [2.45, 2.75) is 50.7 Å². The smallest absolute Gasteiger partial charge is 0.250 e. The lowest BCUT2D eigenvalue weighted by Crippen LogP contribution is -2.31. The van der Waals surface area contributed by atoms with Gasteiger partial charge in [-0.05, 0) is 80.0 Å². The molecule has 3 heterocycles. The molecule has 3 aromatic rings. The van der Waals surface area contributed by atoms with Crippen molar-refractivity contribution in [1.29, 1.82) is 0 Å². The second-order valence-corrected chi connectivity index (χ2v) is 9.64. The summed E-state index contributed by atoms with van der Waals surface area (Å²) in [6.07, 6.45) is 8.99. The Bertz CT molecular complexity index is 1210. The Labute approximate surface area is 211 Å². The van der Waals surface area contributed by atoms with E-state index in [-0.39, 0.29) is 24.6 Å². The molecule has 1 aliphatic carbocycles. The van der Waals surface area contributed by atoms with Crippen LogP contribution in [0, 0.1) is 6.92 Å². The van der Waals surface area contributed by atoms with Gasteiger partial charge in [0, 0.05) is 42.6 Å². The highest BCUT2D eigenvalue weighted by Gasteiger charge is 2.42. The number of amides is 1. The van der Waals surface area contributed by atoms with Gasteiger partial charge in [0.1, 0.15) is 12.6 Å². The minimum absolute atomic E-state index is 0.0211. The standard InChI is InChI=1S/C27H31N5O2S/c1-18-16-20(12-13-21(18)29-24(33)17-34-2)32-26(23-11-7-15-31(23)19-8-3-4-9-19)25(30-27(32)35)22-10-5-6-14-28-22/h5-7,10-16,19,25-26H,3-4,8-9,17H2,1-2H3,(H,29,33)(H,30,35)/t25-,26+/m1/s1. The van der Waals surface area contributed by atoms with E-state index in [1.807, 2.05) is 37.4 Å². The zero-order valence-electron chi connectivity index (χ0n) is 20.1. The second-order valence-electron chi connectivity index (χ2n) is 9.26. The Hall–Kier alpha value is -3.23. The Balaban J connectivity index is 1.54. The summed E-state index contributed by atoms with van der Waals surface area (Å²) < 4.78 is 7.39. The maximum atomic E-state index is 12.0. The van der Waals surface area contributed by atoms with E-state index in [0.29, 0.717) is 11.2 Å². The predicted molar refractivity (Wildman–Crippen MR) is 142 cm³/mol. The molecule has 0 unspecified atom stereocenters. The van der Waals surface area contributed by atoms with Gasteiger partial charge in [-0.1, -0.05) is 18.9 Å². The molecular formula is C27H31N5O2S. The van der Waals surface area contributed by atoms with Crippen molar-refractivity contribution in [2.75, 3.05) is 23.9 Å². The quantitative estimate of drug-likeness (QED) is 0.452. The third-order valence-corrected chi connectivity index (χ3v) is 7.28. The van der Waals surface area contributed by atoms with Crippen LogP contribution in [0.4, 0.5) is 11.4 Å². The number of carbonyl (C=O) groups is 1. The van der Waals surface area contributed by atoms with Crippen LogP contribution in [0.3, 0.4) is 0 Å². The molecule has 2 aliphatic rings. The molecule has 2 N–H and O–H groups in total. The van der Waals surface area contributed by atoms with E-state index in [0.717, 1.165) is 22.6 Å². The molecule has 8 heteroatoms. The van der Waals surface area contributed by atoms with Gasteiger partial charge in [0.05, 0.1) is 11.7 Å². The monoisotopic (exact) mass is 489 g/mol. The Morgan fingerprint density at radius 2 is 2.03 bits per heavy atom. The molecule has 1 aromatic carbocycles. The number of thiocarbonyl (C=S) groups is 1. The molecule has 0 bridgehead atoms. The lowest BCUT2D eigenvalue weighted by Gasteiger charge is -2.30. The first-order chi connectivity index (χ1) is 17.1. The summed E-state index contributed by atoms with van der Waals surface area (Å²) in [6.45, 7) is 2.01. The predicted octanol–water partition coefficient (Wildman–Crippen LogP) is 5.07. The molecule has 182 valence electrons. The van der Waals surface area contributed by atoms with E-state index < -0.39 is 0 Å². The number of hydrogen-bond donors (Lipinski definition) is 2. The molecule has 1 saturated heterocycles. The summed E-state index contributed by atoms with van der Waals surface area (Å²) in [7, 11) is 1.51. The highest BCUT2D eigenvalue weighted by molar-refractivity contribution is 7.80. The first kappa shape index (κ1) is 23.5. The normalized spacial score (nSPS) is 20.3. The number of pyridine rings is 1. The number of hydrogen-bond acceptors (Lipinski definition) is 4. The highest BCUT2D eigenvalue weighted by atomic mass is 32.1. The Morgan fingerprint density at radius 3 is 2.74 bits per heavy atom. The van der Waals surface area contributed by atoms with Crippen molar-refractivity contribution in [3.8, 4) is 0 Å². The fourth-order valence-electron chi connectivity index (χ4n) is 5.36. The second kappa shape index (κ2) is 10.2. The summed E-state index contributed by atoms with van der Waals surface area (Å²) in [5, 5.41) is 7.13. The van der Waals surface area contributed by atoms with Crippen LogP contribution in [0.5, 0.6) is 0 Å². The number of ether oxygens (including phenoxy) is 1. The van der Waals surface area contributed by atoms with E-state index in [2.05, 4.69) is 55.5 Å². The number of benzene rings is 1. The molecule has 2 aromatic heterocycles. The maximum Gasteiger partial charge on any atom is 0.250 e. The van der Waals surface area contributed by atoms with Gasteiger partial charge in [-0.3, -0.25) is 9.78 Å². The van der Waals surface area contributed by atoms with Crippen LogP contribution in [0.15, 0.2) is 60.9 Å². The molecular weight excluding hydrogens is 458 g/mol. The number of aromatic nitrogens is 2. The van der Waals surface area contributed by atoms with Gasteiger partial charge in [0.2, 0.25) is 5.91 Å². The average molecular weight is 490 g/mol. The third kappa shape index (κ3) is 4.68. The number of rotatable bonds is 7. The van der Waals surface area contributed by atoms with Gasteiger partial charge in [0.25, 0.3) is 0 Å². The average Bonchev–Trinajstić information content (AvgIpc) is 3.60. The minimum Gasteiger partial charge on any atom is -0.375 e. The van der Waals surface area contributed by atoms with Crippen LogP contribution in [0.25, 0.3) is 0 Å². The van der Waals surface area contributed by atoms with Gasteiger partial charge in [0.15, 0.2) is 5.11 Å². The van der Waals surface area contributed by atoms with E-state index in [4.69, 9.17) is 17.0 Å². The largest absolute Gasteiger partial charge is 0.375 e. The van der Waals surface area contributed by atoms with Crippen LogP contribution in [-0.2, 0) is 9.53 Å². The van der Waals surface area contributed by atoms with Crippen LogP contribution >= 0.6 is 12.2 Å². The Morgan fingerprint density at radius 1 is 1.20 bits per heavy atom. The van der Waals surface area contributed by atoms with Gasteiger partial charge in [-0.15, -0.1) is 0 Å². The molecule has 35 heavy (non-hydrogen) atoms. The van der Waals surface area contributed by atoms with Crippen LogP contribution in [-0.4, -0.2) is 34.3 Å². The number of carbonyl (C=O) groups excluding carboxylic acids is 1. The van der Waals surface area contributed by atoms with Crippen molar-refractivity contribution in [3.05, 3.63) is 77.9 Å². The molecule has 2 fully saturated rings. The van der Waals surface area contributed by atoms with Gasteiger partial charge in [-0.2, -0.15) is 0 Å². The van der Waals surface area contributed by atoms with Crippen molar-refractivity contribution in [3.63, 3.8) is 0 Å². The lowest BCUT2D eigenvalue weighted by molar-refractivity contribution is -0.119. The molecule has 1 saturated carbocycles. The van der Waals surface area contributed by atoms with Crippen molar-refractivity contribution >= 4 is 34.6 Å². The first-order valence-electron chi connectivity index (χ1n) is 12.1. The zero-order valence-corrected chi connectivity index (χ0v) is 20.9. The fraction of sp³-hybridized carbons (Fsp3) is 0.370. The SMILES string of the molecule is COCC(=O)Nc1ccc(N2C(=S)N[C@H](c3ccccn3)[C@@H]2c2cccn2C2CCCC2)cc1C. The molecule has 0 spiro atoms. The van der Waals surface area contributed by atoms with Gasteiger partial charge < -0.3 is 24.8 Å². The van der Waals surface area contributed by atoms with E-state index in [9.17, 15) is 4.79 Å². The topological polar surface area (TPSA) is 71.4 Å². The zero-order chi connectivity index (χ0) is 24.4. The highest BCUT2D eigenvalue weighted by Crippen LogP contribution is 2.44. The van der Waals surface area contributed by atoms with Crippen LogP contribution in [0.2, 0.25) is 0 Å². The Kier molecular flexibility index (Phi) is 6.83. The summed E-state index contributed by atoms with van der Waals surface area (Å²) >= 11 is 5.90. The summed E-state index contributed by atoms with van der Waals surface area (Å²) in [5.41, 5.74) is 4.89. The van der Waals surface area contributed by atoms with E-state index in [1.165, 1.54) is 38.5 Å². The molecule has 7 nitrogen and oxygen atoms in total. The van der Waals surface area contributed by atoms with Crippen molar-refractivity contribution in [1.82, 2.24) is 14.9 Å². The van der Waals surface area contributed by atoms with Crippen molar-refractivity contribution in [2.24, 2.45) is 0 Å². The number of aryl methyl sites for hydroxylation is 1. The van der Waals surface area contributed by atoms with E-state index in [1.54, 1.807) is 0 Å². The molecule has 5 rings (SSSR count). The first-order valence-corrected chi connectivity index (χ1v) is 12.5. The lowest BCUT2D eigenvalue weighted by atomic mass is 10.00. The third-order valence-electron chi connectivity index (χ3n) is 6.97. The minimum atomic E-state index is -0.177. The summed E-state index contributed by atoms with van der Waals surface area (Å²) in [6, 6.07) is 16.8. The maximum absolute atomic E-state index is 12.0. The van der Waals surface area contributed by atoms with Gasteiger partial charge in [-0.25, -0.2) is 0 Å². The van der Waals surface area contributed by atoms with Crippen LogP contribution < -0.4 is 15.5 Å². The fourth-order valence-corrected chi connectivity index (χ4v) is 5.71. The number of methoxy groups -OCH3 is 1. The molecule has 2 atom stereocenters. The van der Waals surface area contributed by atoms with Crippen molar-refractivity contribution < 1.29 is 9.53 Å². The summed E-state index contributed by atoms with van der Waals surface area (Å²) in [4.78, 5) is 18.9.